The fraction of sp³-hybridized carbons (Fsp3) is 1.00. The zero-order valence-corrected chi connectivity index (χ0v) is 30.1. The molecule has 6 saturated carbocycles. The summed E-state index contributed by atoms with van der Waals surface area (Å²) >= 11 is 0. The minimum absolute atomic E-state index is 1.09. The molecular weight excluding hydrogens is 513 g/mol. The first kappa shape index (κ1) is 30.5. The maximum Gasteiger partial charge on any atom is 0.0538 e. The first-order chi connectivity index (χ1) is 19.3. The van der Waals surface area contributed by atoms with E-state index < -0.39 is 16.1 Å². The Kier molecular flexibility index (Phi) is 9.47. The molecule has 0 spiro atoms. The highest BCUT2D eigenvalue weighted by molar-refractivity contribution is 6.80. The second-order valence-corrected chi connectivity index (χ2v) is 28.6. The van der Waals surface area contributed by atoms with Gasteiger partial charge < -0.3 is 0 Å². The van der Waals surface area contributed by atoms with Gasteiger partial charge in [0.1, 0.15) is 0 Å². The maximum absolute atomic E-state index is 2.89. The molecule has 40 heavy (non-hydrogen) atoms. The van der Waals surface area contributed by atoms with E-state index in [4.69, 9.17) is 0 Å². The minimum atomic E-state index is -1.18. The third-order valence-corrected chi connectivity index (χ3v) is 26.6. The summed E-state index contributed by atoms with van der Waals surface area (Å²) < 4.78 is 0. The van der Waals surface area contributed by atoms with Gasteiger partial charge in [-0.15, -0.1) is 0 Å². The second kappa shape index (κ2) is 12.4. The molecule has 0 aromatic carbocycles. The Balaban J connectivity index is 1.13. The number of fused-ring (bicyclic) bond motifs is 2. The van der Waals surface area contributed by atoms with E-state index in [9.17, 15) is 0 Å². The van der Waals surface area contributed by atoms with Crippen LogP contribution in [0.3, 0.4) is 0 Å². The van der Waals surface area contributed by atoms with Crippen molar-refractivity contribution in [2.45, 2.75) is 191 Å². The molecule has 0 bridgehead atoms. The average molecular weight is 583 g/mol. The second-order valence-electron chi connectivity index (χ2n) is 18.2. The van der Waals surface area contributed by atoms with Crippen LogP contribution in [0.15, 0.2) is 0 Å². The number of hydrogen-bond donors (Lipinski definition) is 0. The van der Waals surface area contributed by atoms with Crippen molar-refractivity contribution in [3.8, 4) is 0 Å². The Hall–Kier alpha value is 0.434. The molecule has 0 saturated heterocycles. The lowest BCUT2D eigenvalue weighted by Crippen LogP contribution is -2.45. The van der Waals surface area contributed by atoms with Crippen LogP contribution in [0.1, 0.15) is 142 Å². The van der Waals surface area contributed by atoms with Gasteiger partial charge in [0.2, 0.25) is 0 Å². The maximum atomic E-state index is 2.89. The Morgan fingerprint density at radius 3 is 1.20 bits per heavy atom. The van der Waals surface area contributed by atoms with E-state index in [-0.39, 0.29) is 0 Å². The van der Waals surface area contributed by atoms with E-state index >= 15 is 0 Å². The monoisotopic (exact) mass is 583 g/mol. The van der Waals surface area contributed by atoms with Crippen LogP contribution in [0.25, 0.3) is 0 Å². The number of rotatable bonds is 9. The van der Waals surface area contributed by atoms with E-state index in [1.165, 1.54) is 36.8 Å². The molecule has 12 unspecified atom stereocenters. The summed E-state index contributed by atoms with van der Waals surface area (Å²) in [6.45, 7) is 16.4. The van der Waals surface area contributed by atoms with Gasteiger partial charge in [0, 0.05) is 0 Å². The van der Waals surface area contributed by atoms with Crippen LogP contribution in [0.5, 0.6) is 0 Å². The highest BCUT2D eigenvalue weighted by atomic mass is 28.3. The van der Waals surface area contributed by atoms with E-state index in [0.717, 1.165) is 58.4 Å². The zero-order valence-electron chi connectivity index (χ0n) is 28.1. The first-order valence-corrected chi connectivity index (χ1v) is 25.6. The van der Waals surface area contributed by atoms with Crippen LogP contribution < -0.4 is 0 Å². The van der Waals surface area contributed by atoms with Crippen LogP contribution in [-0.4, -0.2) is 16.1 Å². The van der Waals surface area contributed by atoms with Crippen molar-refractivity contribution >= 4 is 16.1 Å². The summed E-state index contributed by atoms with van der Waals surface area (Å²) in [5, 5.41) is 0. The Bertz CT molecular complexity index is 763. The van der Waals surface area contributed by atoms with E-state index in [1.54, 1.807) is 103 Å². The lowest BCUT2D eigenvalue weighted by Gasteiger charge is -2.49. The molecule has 6 aliphatic rings. The van der Waals surface area contributed by atoms with Crippen molar-refractivity contribution in [3.63, 3.8) is 0 Å². The molecule has 0 aromatic heterocycles. The van der Waals surface area contributed by atoms with Crippen molar-refractivity contribution in [1.82, 2.24) is 0 Å². The summed E-state index contributed by atoms with van der Waals surface area (Å²) in [6.07, 6.45) is 31.7. The SMILES string of the molecule is CCCC1CCC([Si](C)(C)C2CCC3C(C4CCCC5C4CCC5[Si](C)(C)C4CCC(CCC)C4)CCCC32)C1. The molecule has 2 heteroatoms. The molecule has 0 radical (unpaired) electrons. The Morgan fingerprint density at radius 1 is 0.425 bits per heavy atom. The third kappa shape index (κ3) is 5.56. The van der Waals surface area contributed by atoms with Crippen molar-refractivity contribution in [1.29, 1.82) is 0 Å². The summed E-state index contributed by atoms with van der Waals surface area (Å²) in [5.41, 5.74) is 4.65. The minimum Gasteiger partial charge on any atom is -0.0689 e. The van der Waals surface area contributed by atoms with Gasteiger partial charge in [-0.05, 0) is 108 Å². The fourth-order valence-corrected chi connectivity index (χ4v) is 23.8. The molecule has 0 heterocycles. The van der Waals surface area contributed by atoms with Gasteiger partial charge in [0.05, 0.1) is 16.1 Å². The normalized spacial score (nSPS) is 46.0. The Morgan fingerprint density at radius 2 is 0.800 bits per heavy atom. The van der Waals surface area contributed by atoms with Crippen molar-refractivity contribution in [3.05, 3.63) is 0 Å². The van der Waals surface area contributed by atoms with E-state index in [0.29, 0.717) is 0 Å². The molecule has 6 fully saturated rings. The van der Waals surface area contributed by atoms with Crippen LogP contribution in [0.2, 0.25) is 48.4 Å². The average Bonchev–Trinajstić information content (AvgIpc) is 3.74. The largest absolute Gasteiger partial charge is 0.0689 e. The summed E-state index contributed by atoms with van der Waals surface area (Å²) in [7, 11) is -2.36. The molecule has 12 atom stereocenters. The van der Waals surface area contributed by atoms with Crippen molar-refractivity contribution in [2.75, 3.05) is 0 Å². The molecule has 6 rings (SSSR count). The van der Waals surface area contributed by atoms with Gasteiger partial charge in [0.25, 0.3) is 0 Å². The number of hydrogen-bond acceptors (Lipinski definition) is 0. The van der Waals surface area contributed by atoms with Gasteiger partial charge in [-0.1, -0.05) is 130 Å². The zero-order chi connectivity index (χ0) is 28.1. The molecule has 0 aromatic rings. The first-order valence-electron chi connectivity index (χ1n) is 19.3. The van der Waals surface area contributed by atoms with Gasteiger partial charge in [-0.25, -0.2) is 0 Å². The summed E-state index contributed by atoms with van der Waals surface area (Å²) in [6, 6.07) is 0. The summed E-state index contributed by atoms with van der Waals surface area (Å²) in [4.78, 5) is 0. The van der Waals surface area contributed by atoms with Gasteiger partial charge in [0.15, 0.2) is 0 Å². The lowest BCUT2D eigenvalue weighted by molar-refractivity contribution is 0.0434. The van der Waals surface area contributed by atoms with Crippen molar-refractivity contribution in [2.24, 2.45) is 47.3 Å². The topological polar surface area (TPSA) is 0 Å². The molecule has 0 amide bonds. The fourth-order valence-electron chi connectivity index (χ4n) is 14.1. The van der Waals surface area contributed by atoms with Gasteiger partial charge in [-0.2, -0.15) is 0 Å². The lowest BCUT2D eigenvalue weighted by atomic mass is 9.60. The summed E-state index contributed by atoms with van der Waals surface area (Å²) in [5.74, 6) is 8.98. The van der Waals surface area contributed by atoms with E-state index in [1.807, 2.05) is 0 Å². The predicted octanol–water partition coefficient (Wildman–Crippen LogP) is 12.7. The van der Waals surface area contributed by atoms with Gasteiger partial charge >= 0.3 is 0 Å². The highest BCUT2D eigenvalue weighted by Crippen LogP contribution is 2.65. The standard InChI is InChI=1S/C38H70Si2/c1-7-11-27-17-19-29(25-27)39(3,4)37-23-21-33-31(13-9-15-35(33)37)32-14-10-16-36-34(32)22-24-38(36)40(5,6)30-20-18-28(26-30)12-8-2/h27-38H,7-26H2,1-6H3. The van der Waals surface area contributed by atoms with E-state index in [2.05, 4.69) is 40.0 Å². The molecule has 0 N–H and O–H groups in total. The molecular formula is C38H70Si2. The quantitative estimate of drug-likeness (QED) is 0.237. The smallest absolute Gasteiger partial charge is 0.0538 e. The van der Waals surface area contributed by atoms with Gasteiger partial charge in [-0.3, -0.25) is 0 Å². The highest BCUT2D eigenvalue weighted by Gasteiger charge is 2.57. The van der Waals surface area contributed by atoms with Crippen LogP contribution in [0.4, 0.5) is 0 Å². The predicted molar refractivity (Wildman–Crippen MR) is 182 cm³/mol. The molecule has 230 valence electrons. The van der Waals surface area contributed by atoms with Crippen molar-refractivity contribution < 1.29 is 0 Å². The molecule has 0 aliphatic heterocycles. The molecule has 0 nitrogen and oxygen atoms in total. The Labute approximate surface area is 253 Å². The third-order valence-electron chi connectivity index (χ3n) is 16.0. The van der Waals surface area contributed by atoms with Crippen LogP contribution >= 0.6 is 0 Å². The molecule has 6 aliphatic carbocycles. The van der Waals surface area contributed by atoms with Crippen LogP contribution in [0, 0.1) is 47.3 Å². The van der Waals surface area contributed by atoms with Crippen LogP contribution in [-0.2, 0) is 0 Å².